The molecule has 0 aliphatic heterocycles. The van der Waals surface area contributed by atoms with Gasteiger partial charge in [0, 0.05) is 24.3 Å². The van der Waals surface area contributed by atoms with Gasteiger partial charge < -0.3 is 5.32 Å². The normalized spacial score (nSPS) is 23.0. The third-order valence-corrected chi connectivity index (χ3v) is 9.42. The molecular formula is C29H27F2N3O3S. The van der Waals surface area contributed by atoms with Gasteiger partial charge in [-0.2, -0.15) is 0 Å². The number of rotatable bonds is 6. The van der Waals surface area contributed by atoms with Gasteiger partial charge in [-0.25, -0.2) is 22.2 Å². The Labute approximate surface area is 219 Å². The lowest BCUT2D eigenvalue weighted by Crippen LogP contribution is -2.68. The molecule has 0 spiro atoms. The fourth-order valence-electron chi connectivity index (χ4n) is 6.53. The summed E-state index contributed by atoms with van der Waals surface area (Å²) in [6, 6.07) is 15.2. The van der Waals surface area contributed by atoms with E-state index < -0.39 is 21.7 Å². The van der Waals surface area contributed by atoms with E-state index in [2.05, 4.69) is 5.32 Å². The molecule has 1 heterocycles. The van der Waals surface area contributed by atoms with Gasteiger partial charge in [-0.15, -0.1) is 0 Å². The van der Waals surface area contributed by atoms with E-state index >= 15 is 0 Å². The summed E-state index contributed by atoms with van der Waals surface area (Å²) in [4.78, 5) is 18.5. The van der Waals surface area contributed by atoms with E-state index in [1.165, 1.54) is 34.9 Å². The summed E-state index contributed by atoms with van der Waals surface area (Å²) >= 11 is 0. The molecule has 4 aromatic rings. The zero-order valence-electron chi connectivity index (χ0n) is 21.3. The predicted octanol–water partition coefficient (Wildman–Crippen LogP) is 5.16. The minimum absolute atomic E-state index is 0.0315. The van der Waals surface area contributed by atoms with Crippen molar-refractivity contribution in [3.63, 3.8) is 0 Å². The van der Waals surface area contributed by atoms with Gasteiger partial charge in [-0.05, 0) is 73.6 Å². The molecule has 6 nitrogen and oxygen atoms in total. The minimum atomic E-state index is -3.50. The van der Waals surface area contributed by atoms with E-state index in [-0.39, 0.29) is 32.5 Å². The van der Waals surface area contributed by atoms with Gasteiger partial charge in [0.2, 0.25) is 0 Å². The van der Waals surface area contributed by atoms with E-state index in [9.17, 15) is 22.0 Å². The number of benzene rings is 3. The van der Waals surface area contributed by atoms with Crippen LogP contribution in [0.2, 0.25) is 0 Å². The van der Waals surface area contributed by atoms with Crippen molar-refractivity contribution in [1.82, 2.24) is 9.55 Å². The monoisotopic (exact) mass is 535 g/mol. The third-order valence-electron chi connectivity index (χ3n) is 8.26. The van der Waals surface area contributed by atoms with Crippen molar-refractivity contribution < 1.29 is 17.2 Å². The van der Waals surface area contributed by atoms with E-state index in [4.69, 9.17) is 4.98 Å². The Morgan fingerprint density at radius 2 is 1.63 bits per heavy atom. The highest BCUT2D eigenvalue weighted by Gasteiger charge is 2.70. The first-order valence-corrected chi connectivity index (χ1v) is 14.3. The maximum atomic E-state index is 14.7. The van der Waals surface area contributed by atoms with Crippen molar-refractivity contribution in [3.05, 3.63) is 99.6 Å². The van der Waals surface area contributed by atoms with Gasteiger partial charge in [-0.1, -0.05) is 24.3 Å². The molecule has 3 saturated carbocycles. The van der Waals surface area contributed by atoms with Crippen LogP contribution >= 0.6 is 0 Å². The van der Waals surface area contributed by atoms with Gasteiger partial charge in [0.25, 0.3) is 5.56 Å². The Hall–Kier alpha value is -3.59. The van der Waals surface area contributed by atoms with Crippen LogP contribution < -0.4 is 10.9 Å². The fraction of sp³-hybridized carbons (Fsp3) is 0.310. The van der Waals surface area contributed by atoms with Crippen LogP contribution in [0.4, 0.5) is 14.5 Å². The number of hydrogen-bond donors (Lipinski definition) is 1. The molecule has 0 saturated heterocycles. The Bertz CT molecular complexity index is 1760. The van der Waals surface area contributed by atoms with Crippen LogP contribution in [0.15, 0.2) is 70.4 Å². The Morgan fingerprint density at radius 1 is 0.974 bits per heavy atom. The molecule has 196 valence electrons. The predicted molar refractivity (Wildman–Crippen MR) is 142 cm³/mol. The number of aromatic nitrogens is 2. The topological polar surface area (TPSA) is 81.1 Å². The third kappa shape index (κ3) is 3.66. The molecule has 1 atom stereocenters. The lowest BCUT2D eigenvalue weighted by atomic mass is 9.33. The Kier molecular flexibility index (Phi) is 5.34. The summed E-state index contributed by atoms with van der Waals surface area (Å²) in [5.41, 5.74) is 1.75. The van der Waals surface area contributed by atoms with E-state index in [1.54, 1.807) is 32.2 Å². The first kappa shape index (κ1) is 24.7. The van der Waals surface area contributed by atoms with Gasteiger partial charge in [0.15, 0.2) is 9.84 Å². The summed E-state index contributed by atoms with van der Waals surface area (Å²) in [6.07, 6.45) is 3.56. The number of sulfone groups is 1. The summed E-state index contributed by atoms with van der Waals surface area (Å²) in [5, 5.41) is 3.37. The van der Waals surface area contributed by atoms with Crippen molar-refractivity contribution in [1.29, 1.82) is 0 Å². The zero-order chi connectivity index (χ0) is 27.0. The molecule has 2 bridgehead atoms. The van der Waals surface area contributed by atoms with Gasteiger partial charge >= 0.3 is 0 Å². The average Bonchev–Trinajstić information content (AvgIpc) is 2.81. The largest absolute Gasteiger partial charge is 0.377 e. The smallest absolute Gasteiger partial charge is 0.261 e. The number of halogens is 2. The molecule has 38 heavy (non-hydrogen) atoms. The highest BCUT2D eigenvalue weighted by molar-refractivity contribution is 7.90. The molecule has 1 unspecified atom stereocenters. The second kappa shape index (κ2) is 8.20. The van der Waals surface area contributed by atoms with Crippen LogP contribution in [0.1, 0.15) is 49.2 Å². The molecule has 3 aliphatic carbocycles. The molecule has 3 aromatic carbocycles. The number of fused-ring (bicyclic) bond motifs is 1. The van der Waals surface area contributed by atoms with Crippen molar-refractivity contribution in [2.24, 2.45) is 7.05 Å². The lowest BCUT2D eigenvalue weighted by molar-refractivity contribution is -0.0777. The molecular weight excluding hydrogens is 508 g/mol. The molecule has 3 aliphatic rings. The zero-order valence-corrected chi connectivity index (χ0v) is 22.1. The van der Waals surface area contributed by atoms with Crippen molar-refractivity contribution in [2.75, 3.05) is 11.6 Å². The van der Waals surface area contributed by atoms with Gasteiger partial charge in [-0.3, -0.25) is 9.36 Å². The fourth-order valence-corrected chi connectivity index (χ4v) is 7.38. The van der Waals surface area contributed by atoms with E-state index in [1.807, 2.05) is 12.1 Å². The molecule has 1 aromatic heterocycles. The van der Waals surface area contributed by atoms with E-state index in [0.717, 1.165) is 31.1 Å². The van der Waals surface area contributed by atoms with Crippen LogP contribution in [0.25, 0.3) is 10.9 Å². The SMILES string of the molecule is CC(Nc1ccccc1S(C)(=O)=O)c1cc(F)cc2c(=O)n(C)c(C34CC(c5ccc(F)cc5)(C3)C4)nc12. The summed E-state index contributed by atoms with van der Waals surface area (Å²) in [5.74, 6) is -0.170. The second-order valence-corrected chi connectivity index (χ2v) is 12.9. The van der Waals surface area contributed by atoms with Crippen LogP contribution in [-0.4, -0.2) is 24.2 Å². The highest BCUT2D eigenvalue weighted by atomic mass is 32.2. The molecule has 7 rings (SSSR count). The number of hydrogen-bond acceptors (Lipinski definition) is 5. The summed E-state index contributed by atoms with van der Waals surface area (Å²) < 4.78 is 54.3. The van der Waals surface area contributed by atoms with E-state index in [0.29, 0.717) is 22.6 Å². The lowest BCUT2D eigenvalue weighted by Gasteiger charge is -2.70. The molecule has 0 radical (unpaired) electrons. The van der Waals surface area contributed by atoms with Crippen molar-refractivity contribution in [3.8, 4) is 0 Å². The van der Waals surface area contributed by atoms with Crippen LogP contribution in [0.3, 0.4) is 0 Å². The number of para-hydroxylation sites is 1. The standard InChI is InChI=1S/C29H27F2N3O3S/c1-17(32-23-6-4-5-7-24(23)38(3,36)37)21-12-20(31)13-22-25(21)33-27(34(2)26(22)35)29-14-28(15-29,16-29)18-8-10-19(30)11-9-18/h4-13,17,32H,14-16H2,1-3H3. The number of anilines is 1. The average molecular weight is 536 g/mol. The van der Waals surface area contributed by atoms with Crippen LogP contribution in [0.5, 0.6) is 0 Å². The summed E-state index contributed by atoms with van der Waals surface area (Å²) in [6.45, 7) is 1.79. The van der Waals surface area contributed by atoms with Gasteiger partial charge in [0.1, 0.15) is 17.5 Å². The van der Waals surface area contributed by atoms with Crippen molar-refractivity contribution in [2.45, 2.75) is 48.0 Å². The maximum Gasteiger partial charge on any atom is 0.261 e. The number of nitrogens with one attached hydrogen (secondary N) is 1. The Morgan fingerprint density at radius 3 is 2.29 bits per heavy atom. The second-order valence-electron chi connectivity index (χ2n) is 10.9. The first-order valence-electron chi connectivity index (χ1n) is 12.4. The molecule has 3 fully saturated rings. The highest BCUT2D eigenvalue weighted by Crippen LogP contribution is 2.73. The number of nitrogens with zero attached hydrogens (tertiary/aromatic N) is 2. The Balaban J connectivity index is 1.40. The maximum absolute atomic E-state index is 14.7. The molecule has 1 N–H and O–H groups in total. The first-order chi connectivity index (χ1) is 17.9. The van der Waals surface area contributed by atoms with Crippen molar-refractivity contribution >= 4 is 26.4 Å². The minimum Gasteiger partial charge on any atom is -0.377 e. The molecule has 0 amide bonds. The summed E-state index contributed by atoms with van der Waals surface area (Å²) in [7, 11) is -1.83. The van der Waals surface area contributed by atoms with Crippen LogP contribution in [-0.2, 0) is 27.7 Å². The quantitative estimate of drug-likeness (QED) is 0.369. The molecule has 9 heteroatoms. The van der Waals surface area contributed by atoms with Crippen LogP contribution in [0, 0.1) is 11.6 Å². The van der Waals surface area contributed by atoms with Gasteiger partial charge in [0.05, 0.1) is 27.5 Å².